The van der Waals surface area contributed by atoms with E-state index in [-0.39, 0.29) is 18.2 Å². The van der Waals surface area contributed by atoms with E-state index in [1.807, 2.05) is 70.2 Å². The number of hydrogen-bond acceptors (Lipinski definition) is 4. The first kappa shape index (κ1) is 21.1. The Kier molecular flexibility index (Phi) is 6.75. The summed E-state index contributed by atoms with van der Waals surface area (Å²) < 4.78 is 0. The van der Waals surface area contributed by atoms with Gasteiger partial charge in [0.1, 0.15) is 5.25 Å². The standard InChI is InChI=1S/C23H27N3O2S/c1-5-13-26-22(28)19(29-23(26)24-18-11-9-15(2)10-12-18)14-20(27)25-21-16(3)7-6-8-17(21)4/h6-12,19H,5,13-14H2,1-4H3,(H,25,27)/t19-/m0/s1. The number of aryl methyl sites for hydroxylation is 3. The van der Waals surface area contributed by atoms with Gasteiger partial charge in [-0.25, -0.2) is 4.99 Å². The smallest absolute Gasteiger partial charge is 0.242 e. The minimum Gasteiger partial charge on any atom is -0.326 e. The summed E-state index contributed by atoms with van der Waals surface area (Å²) in [5.74, 6) is -0.194. The molecule has 1 N–H and O–H groups in total. The molecule has 2 aromatic carbocycles. The fraction of sp³-hybridized carbons (Fsp3) is 0.348. The summed E-state index contributed by atoms with van der Waals surface area (Å²) in [6, 6.07) is 13.8. The lowest BCUT2D eigenvalue weighted by atomic mass is 10.1. The lowest BCUT2D eigenvalue weighted by Crippen LogP contribution is -2.34. The molecule has 0 bridgehead atoms. The van der Waals surface area contributed by atoms with Crippen LogP contribution in [0.1, 0.15) is 36.5 Å². The Labute approximate surface area is 176 Å². The van der Waals surface area contributed by atoms with Crippen LogP contribution in [0.2, 0.25) is 0 Å². The molecular formula is C23H27N3O2S. The van der Waals surface area contributed by atoms with Crippen molar-refractivity contribution >= 4 is 40.1 Å². The Balaban J connectivity index is 1.75. The molecule has 1 aliphatic rings. The molecule has 6 heteroatoms. The second-order valence-corrected chi connectivity index (χ2v) is 8.52. The van der Waals surface area contributed by atoms with Gasteiger partial charge in [0.05, 0.1) is 5.69 Å². The zero-order chi connectivity index (χ0) is 21.0. The van der Waals surface area contributed by atoms with Crippen molar-refractivity contribution in [3.63, 3.8) is 0 Å². The number of rotatable bonds is 6. The van der Waals surface area contributed by atoms with E-state index in [4.69, 9.17) is 0 Å². The van der Waals surface area contributed by atoms with Crippen LogP contribution < -0.4 is 5.32 Å². The van der Waals surface area contributed by atoms with E-state index in [0.29, 0.717) is 11.7 Å². The molecule has 1 atom stereocenters. The molecule has 0 radical (unpaired) electrons. The normalized spacial score (nSPS) is 17.8. The van der Waals surface area contributed by atoms with E-state index >= 15 is 0 Å². The molecule has 0 unspecified atom stereocenters. The summed E-state index contributed by atoms with van der Waals surface area (Å²) in [6.07, 6.45) is 0.963. The van der Waals surface area contributed by atoms with Crippen molar-refractivity contribution in [2.75, 3.05) is 11.9 Å². The number of carbonyl (C=O) groups is 2. The van der Waals surface area contributed by atoms with Crippen molar-refractivity contribution < 1.29 is 9.59 Å². The number of hydrogen-bond donors (Lipinski definition) is 1. The predicted octanol–water partition coefficient (Wildman–Crippen LogP) is 4.98. The minimum atomic E-state index is -0.449. The Bertz CT molecular complexity index is 917. The molecule has 0 aliphatic carbocycles. The van der Waals surface area contributed by atoms with E-state index in [9.17, 15) is 9.59 Å². The average Bonchev–Trinajstić information content (AvgIpc) is 2.96. The van der Waals surface area contributed by atoms with Gasteiger partial charge in [0.25, 0.3) is 0 Å². The highest BCUT2D eigenvalue weighted by atomic mass is 32.2. The Morgan fingerprint density at radius 2 is 1.76 bits per heavy atom. The van der Waals surface area contributed by atoms with Gasteiger partial charge in [-0.3, -0.25) is 14.5 Å². The molecule has 2 aromatic rings. The first-order valence-electron chi connectivity index (χ1n) is 9.88. The van der Waals surface area contributed by atoms with Crippen LogP contribution in [0.4, 0.5) is 11.4 Å². The first-order valence-corrected chi connectivity index (χ1v) is 10.8. The number of nitrogens with zero attached hydrogens (tertiary/aromatic N) is 2. The molecule has 0 aromatic heterocycles. The van der Waals surface area contributed by atoms with Crippen molar-refractivity contribution in [2.45, 2.75) is 45.8 Å². The third-order valence-corrected chi connectivity index (χ3v) is 6.02. The maximum absolute atomic E-state index is 12.9. The summed E-state index contributed by atoms with van der Waals surface area (Å²) in [5.41, 5.74) is 4.83. The first-order chi connectivity index (χ1) is 13.9. The maximum Gasteiger partial charge on any atom is 0.242 e. The Morgan fingerprint density at radius 1 is 1.10 bits per heavy atom. The van der Waals surface area contributed by atoms with Crippen LogP contribution in [0, 0.1) is 20.8 Å². The Morgan fingerprint density at radius 3 is 2.38 bits per heavy atom. The molecule has 2 amide bonds. The highest BCUT2D eigenvalue weighted by Gasteiger charge is 2.38. The van der Waals surface area contributed by atoms with Crippen molar-refractivity contribution in [1.29, 1.82) is 0 Å². The van der Waals surface area contributed by atoms with E-state index in [1.54, 1.807) is 4.90 Å². The van der Waals surface area contributed by atoms with Gasteiger partial charge >= 0.3 is 0 Å². The van der Waals surface area contributed by atoms with E-state index in [1.165, 1.54) is 11.8 Å². The van der Waals surface area contributed by atoms with Crippen molar-refractivity contribution in [3.8, 4) is 0 Å². The number of nitrogens with one attached hydrogen (secondary N) is 1. The quantitative estimate of drug-likeness (QED) is 0.732. The largest absolute Gasteiger partial charge is 0.326 e. The second-order valence-electron chi connectivity index (χ2n) is 7.35. The number of amides is 2. The topological polar surface area (TPSA) is 61.8 Å². The molecule has 29 heavy (non-hydrogen) atoms. The molecular weight excluding hydrogens is 382 g/mol. The van der Waals surface area contributed by atoms with E-state index in [2.05, 4.69) is 10.3 Å². The molecule has 1 heterocycles. The SMILES string of the molecule is CCCN1C(=O)[C@H](CC(=O)Nc2c(C)cccc2C)SC1=Nc1ccc(C)cc1. The summed E-state index contributed by atoms with van der Waals surface area (Å²) >= 11 is 1.38. The lowest BCUT2D eigenvalue weighted by Gasteiger charge is -2.15. The van der Waals surface area contributed by atoms with Crippen LogP contribution in [0.15, 0.2) is 47.5 Å². The zero-order valence-corrected chi connectivity index (χ0v) is 18.2. The van der Waals surface area contributed by atoms with Gasteiger partial charge in [0.15, 0.2) is 5.17 Å². The van der Waals surface area contributed by atoms with Gasteiger partial charge in [-0.2, -0.15) is 0 Å². The van der Waals surface area contributed by atoms with Crippen LogP contribution in [0.25, 0.3) is 0 Å². The molecule has 1 fully saturated rings. The fourth-order valence-electron chi connectivity index (χ4n) is 3.25. The third kappa shape index (κ3) is 5.07. The van der Waals surface area contributed by atoms with Crippen molar-refractivity contribution in [3.05, 3.63) is 59.2 Å². The van der Waals surface area contributed by atoms with Gasteiger partial charge in [-0.05, 0) is 50.5 Å². The summed E-state index contributed by atoms with van der Waals surface area (Å²) in [5, 5.41) is 3.20. The van der Waals surface area contributed by atoms with Gasteiger partial charge < -0.3 is 5.32 Å². The molecule has 0 saturated carbocycles. The molecule has 1 saturated heterocycles. The van der Waals surface area contributed by atoms with Crippen molar-refractivity contribution in [2.24, 2.45) is 4.99 Å². The predicted molar refractivity (Wildman–Crippen MR) is 121 cm³/mol. The number of carbonyl (C=O) groups excluding carboxylic acids is 2. The number of aliphatic imine (C=N–C) groups is 1. The van der Waals surface area contributed by atoms with E-state index in [0.717, 1.165) is 34.5 Å². The number of para-hydroxylation sites is 1. The Hall–Kier alpha value is -2.60. The zero-order valence-electron chi connectivity index (χ0n) is 17.4. The summed E-state index contributed by atoms with van der Waals surface area (Å²) in [7, 11) is 0. The number of thioether (sulfide) groups is 1. The van der Waals surface area contributed by atoms with E-state index < -0.39 is 5.25 Å². The van der Waals surface area contributed by atoms with Crippen LogP contribution >= 0.6 is 11.8 Å². The molecule has 0 spiro atoms. The van der Waals surface area contributed by atoms with Gasteiger partial charge in [0.2, 0.25) is 11.8 Å². The molecule has 152 valence electrons. The van der Waals surface area contributed by atoms with Gasteiger partial charge in [-0.1, -0.05) is 54.6 Å². The summed E-state index contributed by atoms with van der Waals surface area (Å²) in [6.45, 7) is 8.59. The monoisotopic (exact) mass is 409 g/mol. The highest BCUT2D eigenvalue weighted by Crippen LogP contribution is 2.32. The molecule has 5 nitrogen and oxygen atoms in total. The average molecular weight is 410 g/mol. The van der Waals surface area contributed by atoms with Crippen LogP contribution in [-0.4, -0.2) is 33.7 Å². The van der Waals surface area contributed by atoms with Gasteiger partial charge in [-0.15, -0.1) is 0 Å². The minimum absolute atomic E-state index is 0.0423. The van der Waals surface area contributed by atoms with Crippen LogP contribution in [0.3, 0.4) is 0 Å². The third-order valence-electron chi connectivity index (χ3n) is 4.84. The second kappa shape index (κ2) is 9.27. The number of benzene rings is 2. The summed E-state index contributed by atoms with van der Waals surface area (Å²) in [4.78, 5) is 31.9. The number of anilines is 1. The lowest BCUT2D eigenvalue weighted by molar-refractivity contribution is -0.128. The van der Waals surface area contributed by atoms with Crippen LogP contribution in [-0.2, 0) is 9.59 Å². The fourth-order valence-corrected chi connectivity index (χ4v) is 4.44. The van der Waals surface area contributed by atoms with Gasteiger partial charge in [0, 0.05) is 18.7 Å². The molecule has 1 aliphatic heterocycles. The highest BCUT2D eigenvalue weighted by molar-refractivity contribution is 8.15. The van der Waals surface area contributed by atoms with Crippen LogP contribution in [0.5, 0.6) is 0 Å². The molecule has 3 rings (SSSR count). The maximum atomic E-state index is 12.9. The number of amidine groups is 1. The van der Waals surface area contributed by atoms with Crippen molar-refractivity contribution in [1.82, 2.24) is 4.90 Å².